The number of hydrogen-bond donors (Lipinski definition) is 2. The maximum atomic E-state index is 12.7. The fourth-order valence-corrected chi connectivity index (χ4v) is 4.08. The lowest BCUT2D eigenvalue weighted by Gasteiger charge is -2.26. The Kier molecular flexibility index (Phi) is 7.36. The van der Waals surface area contributed by atoms with Crippen LogP contribution < -0.4 is 10.1 Å². The first kappa shape index (κ1) is 22.4. The van der Waals surface area contributed by atoms with Gasteiger partial charge in [-0.2, -0.15) is 0 Å². The van der Waals surface area contributed by atoms with Gasteiger partial charge in [0.25, 0.3) is 0 Å². The fourth-order valence-electron chi connectivity index (χ4n) is 3.19. The molecule has 1 aliphatic rings. The van der Waals surface area contributed by atoms with Gasteiger partial charge in [-0.1, -0.05) is 36.0 Å². The summed E-state index contributed by atoms with van der Waals surface area (Å²) in [6.45, 7) is 3.85. The summed E-state index contributed by atoms with van der Waals surface area (Å²) < 4.78 is 10.6. The average Bonchev–Trinajstić information content (AvgIpc) is 2.77. The highest BCUT2D eigenvalue weighted by molar-refractivity contribution is 8.13. The number of methoxy groups -OCH3 is 1. The van der Waals surface area contributed by atoms with Crippen LogP contribution in [0.5, 0.6) is 5.75 Å². The van der Waals surface area contributed by atoms with Gasteiger partial charge in [-0.05, 0) is 49.2 Å². The summed E-state index contributed by atoms with van der Waals surface area (Å²) in [5.41, 5.74) is 3.04. The molecule has 31 heavy (non-hydrogen) atoms. The first-order chi connectivity index (χ1) is 14.9. The van der Waals surface area contributed by atoms with Crippen molar-refractivity contribution in [3.8, 4) is 5.75 Å². The van der Waals surface area contributed by atoms with Crippen molar-refractivity contribution in [2.45, 2.75) is 25.6 Å². The molecule has 0 unspecified atom stereocenters. The predicted molar refractivity (Wildman–Crippen MR) is 120 cm³/mol. The molecule has 1 atom stereocenters. The van der Waals surface area contributed by atoms with Gasteiger partial charge in [0.05, 0.1) is 24.9 Å². The summed E-state index contributed by atoms with van der Waals surface area (Å²) in [6, 6.07) is 13.7. The van der Waals surface area contributed by atoms with Crippen molar-refractivity contribution >= 4 is 28.9 Å². The van der Waals surface area contributed by atoms with E-state index >= 15 is 0 Å². The van der Waals surface area contributed by atoms with Crippen molar-refractivity contribution in [1.82, 2.24) is 5.32 Å². The molecule has 2 aromatic carbocycles. The standard InChI is InChI=1S/C23H24N2O5S/c1-4-30-22(28)19-14(2)24-23(25-20(19)16-8-6-10-18(12-16)29-3)31-13-15-7-5-9-17(11-15)21(26)27/h5-12,20H,4,13H2,1-3H3,(H,24,25)(H,26,27)/t20-/m0/s1. The predicted octanol–water partition coefficient (Wildman–Crippen LogP) is 4.16. The van der Waals surface area contributed by atoms with E-state index in [9.17, 15) is 14.7 Å². The van der Waals surface area contributed by atoms with Gasteiger partial charge in [-0.25, -0.2) is 14.6 Å². The molecule has 7 nitrogen and oxygen atoms in total. The van der Waals surface area contributed by atoms with Crippen molar-refractivity contribution in [1.29, 1.82) is 0 Å². The minimum absolute atomic E-state index is 0.242. The maximum absolute atomic E-state index is 12.7. The van der Waals surface area contributed by atoms with Gasteiger partial charge in [-0.15, -0.1) is 0 Å². The van der Waals surface area contributed by atoms with Crippen molar-refractivity contribution < 1.29 is 24.2 Å². The molecule has 0 bridgehead atoms. The van der Waals surface area contributed by atoms with Crippen molar-refractivity contribution in [2.24, 2.45) is 4.99 Å². The Morgan fingerprint density at radius 2 is 1.97 bits per heavy atom. The monoisotopic (exact) mass is 440 g/mol. The summed E-state index contributed by atoms with van der Waals surface area (Å²) in [4.78, 5) is 28.6. The highest BCUT2D eigenvalue weighted by Gasteiger charge is 2.30. The SMILES string of the molecule is CCOC(=O)C1=C(C)NC(SCc2cccc(C(=O)O)c2)=N[C@H]1c1cccc(OC)c1. The van der Waals surface area contributed by atoms with E-state index < -0.39 is 18.0 Å². The van der Waals surface area contributed by atoms with Gasteiger partial charge in [-0.3, -0.25) is 0 Å². The van der Waals surface area contributed by atoms with Gasteiger partial charge in [0.1, 0.15) is 11.8 Å². The Bertz CT molecular complexity index is 1050. The Morgan fingerprint density at radius 1 is 1.19 bits per heavy atom. The topological polar surface area (TPSA) is 97.2 Å². The molecule has 0 radical (unpaired) electrons. The number of aromatic carboxylic acids is 1. The zero-order chi connectivity index (χ0) is 22.4. The van der Waals surface area contributed by atoms with Crippen LogP contribution in [0.3, 0.4) is 0 Å². The third kappa shape index (κ3) is 5.46. The summed E-state index contributed by atoms with van der Waals surface area (Å²) in [5.74, 6) is -0.176. The molecule has 8 heteroatoms. The van der Waals surface area contributed by atoms with E-state index in [2.05, 4.69) is 5.32 Å². The number of hydrogen-bond acceptors (Lipinski definition) is 7. The first-order valence-corrected chi connectivity index (χ1v) is 10.7. The van der Waals surface area contributed by atoms with Crippen LogP contribution >= 0.6 is 11.8 Å². The van der Waals surface area contributed by atoms with E-state index in [0.29, 0.717) is 27.9 Å². The lowest BCUT2D eigenvalue weighted by Crippen LogP contribution is -2.30. The Balaban J connectivity index is 1.89. The molecular weight excluding hydrogens is 416 g/mol. The number of aliphatic imine (C=N–C) groups is 1. The Hall–Kier alpha value is -3.26. The van der Waals surface area contributed by atoms with Gasteiger partial charge in [0, 0.05) is 11.4 Å². The molecular formula is C23H24N2O5S. The average molecular weight is 441 g/mol. The van der Waals surface area contributed by atoms with Crippen LogP contribution in [0.4, 0.5) is 0 Å². The van der Waals surface area contributed by atoms with E-state index in [1.54, 1.807) is 32.2 Å². The molecule has 2 aromatic rings. The number of allylic oxidation sites excluding steroid dienone is 1. The fraction of sp³-hybridized carbons (Fsp3) is 0.261. The molecule has 0 aromatic heterocycles. The van der Waals surface area contributed by atoms with Crippen LogP contribution in [0.25, 0.3) is 0 Å². The van der Waals surface area contributed by atoms with Crippen LogP contribution in [-0.2, 0) is 15.3 Å². The number of nitrogens with zero attached hydrogens (tertiary/aromatic N) is 1. The smallest absolute Gasteiger partial charge is 0.338 e. The third-order valence-corrected chi connectivity index (χ3v) is 5.63. The number of carbonyl (C=O) groups excluding carboxylic acids is 1. The van der Waals surface area contributed by atoms with Crippen LogP contribution in [0.15, 0.2) is 64.8 Å². The number of rotatable bonds is 7. The molecule has 0 saturated carbocycles. The first-order valence-electron chi connectivity index (χ1n) is 9.74. The molecule has 0 saturated heterocycles. The van der Waals surface area contributed by atoms with Crippen LogP contribution in [0, 0.1) is 0 Å². The summed E-state index contributed by atoms with van der Waals surface area (Å²) in [5, 5.41) is 13.0. The minimum Gasteiger partial charge on any atom is -0.497 e. The number of carboxylic acid groups (broad SMARTS) is 1. The Morgan fingerprint density at radius 3 is 2.68 bits per heavy atom. The van der Waals surface area contributed by atoms with Crippen LogP contribution in [-0.4, -0.2) is 35.9 Å². The minimum atomic E-state index is -0.962. The molecule has 1 aliphatic heterocycles. The van der Waals surface area contributed by atoms with Gasteiger partial charge in [0.2, 0.25) is 0 Å². The number of carboxylic acids is 1. The summed E-state index contributed by atoms with van der Waals surface area (Å²) in [6.07, 6.45) is 0. The molecule has 0 fully saturated rings. The van der Waals surface area contributed by atoms with Crippen molar-refractivity contribution in [2.75, 3.05) is 13.7 Å². The normalized spacial score (nSPS) is 15.7. The largest absolute Gasteiger partial charge is 0.497 e. The molecule has 162 valence electrons. The quantitative estimate of drug-likeness (QED) is 0.624. The number of esters is 1. The van der Waals surface area contributed by atoms with E-state index in [1.807, 2.05) is 37.3 Å². The molecule has 0 aliphatic carbocycles. The molecule has 0 spiro atoms. The Labute approximate surface area is 185 Å². The lowest BCUT2D eigenvalue weighted by molar-refractivity contribution is -0.138. The summed E-state index contributed by atoms with van der Waals surface area (Å²) >= 11 is 1.44. The van der Waals surface area contributed by atoms with Crippen LogP contribution in [0.1, 0.15) is 41.4 Å². The van der Waals surface area contributed by atoms with E-state index in [0.717, 1.165) is 11.1 Å². The third-order valence-electron chi connectivity index (χ3n) is 4.67. The second-order valence-electron chi connectivity index (χ2n) is 6.79. The number of ether oxygens (including phenoxy) is 2. The highest BCUT2D eigenvalue weighted by atomic mass is 32.2. The van der Waals surface area contributed by atoms with Gasteiger partial charge < -0.3 is 19.9 Å². The van der Waals surface area contributed by atoms with E-state index in [1.165, 1.54) is 11.8 Å². The number of thioether (sulfide) groups is 1. The van der Waals surface area contributed by atoms with Crippen molar-refractivity contribution in [3.05, 3.63) is 76.5 Å². The molecule has 2 N–H and O–H groups in total. The number of nitrogens with one attached hydrogen (secondary N) is 1. The second-order valence-corrected chi connectivity index (χ2v) is 7.76. The number of amidine groups is 1. The highest BCUT2D eigenvalue weighted by Crippen LogP contribution is 2.34. The number of benzene rings is 2. The van der Waals surface area contributed by atoms with Crippen LogP contribution in [0.2, 0.25) is 0 Å². The van der Waals surface area contributed by atoms with E-state index in [4.69, 9.17) is 14.5 Å². The zero-order valence-electron chi connectivity index (χ0n) is 17.5. The zero-order valence-corrected chi connectivity index (χ0v) is 18.4. The number of carbonyl (C=O) groups is 2. The molecule has 3 rings (SSSR count). The summed E-state index contributed by atoms with van der Waals surface area (Å²) in [7, 11) is 1.59. The maximum Gasteiger partial charge on any atom is 0.338 e. The van der Waals surface area contributed by atoms with Gasteiger partial charge in [0.15, 0.2) is 5.17 Å². The van der Waals surface area contributed by atoms with Crippen molar-refractivity contribution in [3.63, 3.8) is 0 Å². The lowest BCUT2D eigenvalue weighted by atomic mass is 9.96. The molecule has 0 amide bonds. The van der Waals surface area contributed by atoms with Gasteiger partial charge >= 0.3 is 11.9 Å². The second kappa shape index (κ2) is 10.2. The molecule has 1 heterocycles. The van der Waals surface area contributed by atoms with E-state index in [-0.39, 0.29) is 12.2 Å².